The summed E-state index contributed by atoms with van der Waals surface area (Å²) in [5.41, 5.74) is 0.0413. The SMILES string of the molecule is C#CCOc1cc(C(=O)O)cc(OCC#C)c1CCCNC(=O)OC(C)(C)C. The number of carboxylic acid groups (broad SMARTS) is 1. The molecule has 7 nitrogen and oxygen atoms in total. The number of amides is 1. The van der Waals surface area contributed by atoms with Crippen molar-refractivity contribution in [1.82, 2.24) is 5.32 Å². The summed E-state index contributed by atoms with van der Waals surface area (Å²) in [4.78, 5) is 23.1. The van der Waals surface area contributed by atoms with Crippen molar-refractivity contribution in [2.75, 3.05) is 19.8 Å². The number of carbonyl (C=O) groups is 2. The highest BCUT2D eigenvalue weighted by Gasteiger charge is 2.18. The van der Waals surface area contributed by atoms with Crippen LogP contribution in [-0.2, 0) is 11.2 Å². The Morgan fingerprint density at radius 2 is 1.64 bits per heavy atom. The predicted molar refractivity (Wildman–Crippen MR) is 105 cm³/mol. The van der Waals surface area contributed by atoms with Gasteiger partial charge in [-0.25, -0.2) is 9.59 Å². The molecule has 1 aromatic rings. The van der Waals surface area contributed by atoms with Gasteiger partial charge >= 0.3 is 12.1 Å². The van der Waals surface area contributed by atoms with Crippen LogP contribution in [0.15, 0.2) is 12.1 Å². The van der Waals surface area contributed by atoms with Gasteiger partial charge in [-0.05, 0) is 45.7 Å². The Morgan fingerprint density at radius 3 is 2.07 bits per heavy atom. The van der Waals surface area contributed by atoms with Gasteiger partial charge in [0, 0.05) is 12.1 Å². The van der Waals surface area contributed by atoms with E-state index in [2.05, 4.69) is 17.2 Å². The molecule has 28 heavy (non-hydrogen) atoms. The van der Waals surface area contributed by atoms with Crippen molar-refractivity contribution >= 4 is 12.1 Å². The summed E-state index contributed by atoms with van der Waals surface area (Å²) in [6, 6.07) is 2.78. The molecule has 0 saturated carbocycles. The number of ether oxygens (including phenoxy) is 3. The third-order valence-electron chi connectivity index (χ3n) is 3.31. The van der Waals surface area contributed by atoms with E-state index >= 15 is 0 Å². The normalized spacial score (nSPS) is 10.3. The predicted octanol–water partition coefficient (Wildman–Crippen LogP) is 2.87. The van der Waals surface area contributed by atoms with Crippen molar-refractivity contribution in [3.05, 3.63) is 23.3 Å². The Balaban J connectivity index is 2.94. The summed E-state index contributed by atoms with van der Waals surface area (Å²) >= 11 is 0. The molecule has 150 valence electrons. The Hall–Kier alpha value is -3.32. The first-order chi connectivity index (χ1) is 13.2. The number of carboxylic acids is 1. The van der Waals surface area contributed by atoms with Crippen LogP contribution in [0.2, 0.25) is 0 Å². The topological polar surface area (TPSA) is 94.1 Å². The molecule has 1 aromatic carbocycles. The molecule has 7 heteroatoms. The number of carbonyl (C=O) groups excluding carboxylic acids is 1. The second-order valence-corrected chi connectivity index (χ2v) is 6.77. The lowest BCUT2D eigenvalue weighted by Gasteiger charge is -2.20. The molecule has 1 rings (SSSR count). The molecule has 1 amide bonds. The Morgan fingerprint density at radius 1 is 1.11 bits per heavy atom. The quantitative estimate of drug-likeness (QED) is 0.500. The number of benzene rings is 1. The third-order valence-corrected chi connectivity index (χ3v) is 3.31. The van der Waals surface area contributed by atoms with E-state index in [1.807, 2.05) is 0 Å². The van der Waals surface area contributed by atoms with Crippen molar-refractivity contribution in [3.8, 4) is 36.2 Å². The fraction of sp³-hybridized carbons (Fsp3) is 0.429. The second kappa shape index (κ2) is 10.7. The number of nitrogens with one attached hydrogen (secondary N) is 1. The molecule has 0 radical (unpaired) electrons. The maximum atomic E-state index is 11.7. The molecule has 0 heterocycles. The maximum absolute atomic E-state index is 11.7. The van der Waals surface area contributed by atoms with Crippen LogP contribution < -0.4 is 14.8 Å². The first-order valence-electron chi connectivity index (χ1n) is 8.67. The van der Waals surface area contributed by atoms with E-state index in [4.69, 9.17) is 27.1 Å². The summed E-state index contributed by atoms with van der Waals surface area (Å²) in [5.74, 6) is 4.17. The molecular formula is C21H25NO6. The lowest BCUT2D eigenvalue weighted by Crippen LogP contribution is -2.33. The number of terminal acetylenes is 2. The van der Waals surface area contributed by atoms with Crippen LogP contribution in [0.25, 0.3) is 0 Å². The van der Waals surface area contributed by atoms with E-state index in [1.165, 1.54) is 12.1 Å². The standard InChI is InChI=1S/C21H25NO6/c1-6-11-26-17-13-15(19(23)24)14-18(27-12-7-2)16(17)9-8-10-22-20(25)28-21(3,4)5/h1-2,13-14H,8-12H2,3-5H3,(H,22,25)(H,23,24). The van der Waals surface area contributed by atoms with Crippen LogP contribution in [0.1, 0.15) is 43.1 Å². The van der Waals surface area contributed by atoms with E-state index in [-0.39, 0.29) is 18.8 Å². The Labute approximate surface area is 165 Å². The lowest BCUT2D eigenvalue weighted by atomic mass is 10.0. The number of hydrogen-bond donors (Lipinski definition) is 2. The highest BCUT2D eigenvalue weighted by atomic mass is 16.6. The smallest absolute Gasteiger partial charge is 0.407 e. The molecule has 0 unspecified atom stereocenters. The minimum atomic E-state index is -1.13. The minimum absolute atomic E-state index is 0.00493. The molecule has 0 aliphatic rings. The summed E-state index contributed by atoms with van der Waals surface area (Å²) in [7, 11) is 0. The third kappa shape index (κ3) is 7.92. The molecule has 0 bridgehead atoms. The van der Waals surface area contributed by atoms with Gasteiger partial charge in [-0.1, -0.05) is 11.8 Å². The van der Waals surface area contributed by atoms with Crippen LogP contribution in [0.4, 0.5) is 4.79 Å². The van der Waals surface area contributed by atoms with E-state index in [9.17, 15) is 14.7 Å². The zero-order valence-corrected chi connectivity index (χ0v) is 16.3. The molecule has 0 aliphatic carbocycles. The fourth-order valence-electron chi connectivity index (χ4n) is 2.26. The maximum Gasteiger partial charge on any atom is 0.407 e. The fourth-order valence-corrected chi connectivity index (χ4v) is 2.26. The number of aromatic carboxylic acids is 1. The minimum Gasteiger partial charge on any atom is -0.481 e. The summed E-state index contributed by atoms with van der Waals surface area (Å²) in [5, 5.41) is 12.0. The highest BCUT2D eigenvalue weighted by Crippen LogP contribution is 2.32. The molecule has 0 aromatic heterocycles. The van der Waals surface area contributed by atoms with Crippen molar-refractivity contribution in [2.45, 2.75) is 39.2 Å². The Bertz CT molecular complexity index is 741. The summed E-state index contributed by atoms with van der Waals surface area (Å²) < 4.78 is 16.2. The zero-order chi connectivity index (χ0) is 21.2. The zero-order valence-electron chi connectivity index (χ0n) is 16.3. The van der Waals surface area contributed by atoms with E-state index in [1.54, 1.807) is 20.8 Å². The van der Waals surface area contributed by atoms with Crippen LogP contribution >= 0.6 is 0 Å². The molecule has 0 fully saturated rings. The van der Waals surface area contributed by atoms with Crippen molar-refractivity contribution in [1.29, 1.82) is 0 Å². The van der Waals surface area contributed by atoms with Crippen LogP contribution in [-0.4, -0.2) is 42.5 Å². The van der Waals surface area contributed by atoms with Crippen molar-refractivity contribution in [3.63, 3.8) is 0 Å². The van der Waals surface area contributed by atoms with Crippen molar-refractivity contribution < 1.29 is 28.9 Å². The van der Waals surface area contributed by atoms with Gasteiger partial charge in [-0.3, -0.25) is 0 Å². The lowest BCUT2D eigenvalue weighted by molar-refractivity contribution is 0.0526. The van der Waals surface area contributed by atoms with Crippen molar-refractivity contribution in [2.24, 2.45) is 0 Å². The van der Waals surface area contributed by atoms with Gasteiger partial charge in [0.15, 0.2) is 0 Å². The van der Waals surface area contributed by atoms with E-state index in [0.29, 0.717) is 36.4 Å². The van der Waals surface area contributed by atoms with Gasteiger partial charge in [-0.2, -0.15) is 0 Å². The first kappa shape index (κ1) is 22.7. The van der Waals surface area contributed by atoms with Crippen LogP contribution in [0, 0.1) is 24.7 Å². The Kier molecular flexibility index (Phi) is 8.71. The molecule has 0 atom stereocenters. The van der Waals surface area contributed by atoms with E-state index < -0.39 is 17.7 Å². The van der Waals surface area contributed by atoms with Gasteiger partial charge in [-0.15, -0.1) is 12.8 Å². The van der Waals surface area contributed by atoms with Gasteiger partial charge in [0.2, 0.25) is 0 Å². The van der Waals surface area contributed by atoms with Crippen LogP contribution in [0.3, 0.4) is 0 Å². The number of hydrogen-bond acceptors (Lipinski definition) is 5. The number of rotatable bonds is 9. The van der Waals surface area contributed by atoms with Gasteiger partial charge in [0.1, 0.15) is 30.3 Å². The second-order valence-electron chi connectivity index (χ2n) is 6.77. The van der Waals surface area contributed by atoms with E-state index in [0.717, 1.165) is 0 Å². The molecular weight excluding hydrogens is 362 g/mol. The van der Waals surface area contributed by atoms with Crippen LogP contribution in [0.5, 0.6) is 11.5 Å². The van der Waals surface area contributed by atoms with Gasteiger partial charge in [0.25, 0.3) is 0 Å². The highest BCUT2D eigenvalue weighted by molar-refractivity contribution is 5.89. The summed E-state index contributed by atoms with van der Waals surface area (Å²) in [6.45, 7) is 5.63. The van der Waals surface area contributed by atoms with Gasteiger partial charge in [0.05, 0.1) is 5.56 Å². The average molecular weight is 387 g/mol. The molecule has 0 saturated heterocycles. The first-order valence-corrected chi connectivity index (χ1v) is 8.67. The molecule has 0 spiro atoms. The van der Waals surface area contributed by atoms with Gasteiger partial charge < -0.3 is 24.6 Å². The summed E-state index contributed by atoms with van der Waals surface area (Å²) in [6.07, 6.45) is 10.9. The monoisotopic (exact) mass is 387 g/mol. The number of alkyl carbamates (subject to hydrolysis) is 1. The molecule has 0 aliphatic heterocycles. The largest absolute Gasteiger partial charge is 0.481 e. The average Bonchev–Trinajstić information content (AvgIpc) is 2.60. The molecule has 2 N–H and O–H groups in total.